The van der Waals surface area contributed by atoms with Crippen molar-refractivity contribution in [3.05, 3.63) is 55.3 Å². The number of rotatable bonds is 2. The second-order valence-corrected chi connectivity index (χ2v) is 8.07. The second kappa shape index (κ2) is 5.31. The maximum Gasteiger partial charge on any atom is 0.0743 e. The number of aryl methyl sites for hydroxylation is 4. The van der Waals surface area contributed by atoms with Crippen molar-refractivity contribution < 1.29 is 0 Å². The van der Waals surface area contributed by atoms with Gasteiger partial charge in [0.05, 0.1) is 4.83 Å². The molecule has 0 saturated heterocycles. The summed E-state index contributed by atoms with van der Waals surface area (Å²) in [6, 6.07) is 4.74. The van der Waals surface area contributed by atoms with Gasteiger partial charge in [-0.05, 0) is 86.4 Å². The number of benzene rings is 1. The first-order valence-electron chi connectivity index (χ1n) is 7.32. The zero-order valence-electron chi connectivity index (χ0n) is 12.6. The van der Waals surface area contributed by atoms with E-state index in [1.807, 2.05) is 11.3 Å². The summed E-state index contributed by atoms with van der Waals surface area (Å²) in [5.74, 6) is 0. The molecule has 2 aromatic rings. The predicted molar refractivity (Wildman–Crippen MR) is 92.5 cm³/mol. The zero-order valence-corrected chi connectivity index (χ0v) is 15.0. The van der Waals surface area contributed by atoms with E-state index in [4.69, 9.17) is 0 Å². The third kappa shape index (κ3) is 2.27. The lowest BCUT2D eigenvalue weighted by Crippen LogP contribution is -2.02. The topological polar surface area (TPSA) is 0 Å². The minimum absolute atomic E-state index is 0.344. The van der Waals surface area contributed by atoms with Crippen LogP contribution in [0.4, 0.5) is 0 Å². The summed E-state index contributed by atoms with van der Waals surface area (Å²) in [5, 5.41) is 0. The Morgan fingerprint density at radius 1 is 1.00 bits per heavy atom. The number of fused-ring (bicyclic) bond motifs is 1. The Hall–Kier alpha value is -0.600. The van der Waals surface area contributed by atoms with Crippen LogP contribution in [0.25, 0.3) is 0 Å². The summed E-state index contributed by atoms with van der Waals surface area (Å²) < 4.78 is 0. The molecular weight excluding hydrogens is 328 g/mol. The number of hydrogen-bond acceptors (Lipinski definition) is 1. The lowest BCUT2D eigenvalue weighted by Gasteiger charge is -2.19. The molecule has 0 amide bonds. The van der Waals surface area contributed by atoms with Crippen molar-refractivity contribution in [1.29, 1.82) is 0 Å². The molecule has 1 aliphatic rings. The van der Waals surface area contributed by atoms with Crippen LogP contribution in [0.1, 0.15) is 54.4 Å². The van der Waals surface area contributed by atoms with Gasteiger partial charge in [-0.2, -0.15) is 0 Å². The first-order valence-corrected chi connectivity index (χ1v) is 9.05. The summed E-state index contributed by atoms with van der Waals surface area (Å²) in [5.41, 5.74) is 8.73. The van der Waals surface area contributed by atoms with Gasteiger partial charge in [0.2, 0.25) is 0 Å². The molecule has 0 radical (unpaired) electrons. The van der Waals surface area contributed by atoms with Gasteiger partial charge in [0.15, 0.2) is 0 Å². The molecule has 1 heterocycles. The Kier molecular flexibility index (Phi) is 3.81. The first-order chi connectivity index (χ1) is 9.49. The molecule has 3 rings (SSSR count). The molecule has 106 valence electrons. The third-order valence-electron chi connectivity index (χ3n) is 4.69. The molecule has 1 aromatic heterocycles. The largest absolute Gasteiger partial charge is 0.144 e. The highest BCUT2D eigenvalue weighted by Gasteiger charge is 2.23. The average Bonchev–Trinajstić information content (AvgIpc) is 2.97. The van der Waals surface area contributed by atoms with Crippen LogP contribution < -0.4 is 0 Å². The molecule has 1 aliphatic carbocycles. The van der Waals surface area contributed by atoms with Crippen LogP contribution in [0.2, 0.25) is 0 Å². The van der Waals surface area contributed by atoms with Crippen molar-refractivity contribution in [2.45, 2.75) is 51.8 Å². The van der Waals surface area contributed by atoms with Crippen molar-refractivity contribution in [3.8, 4) is 0 Å². The molecule has 1 unspecified atom stereocenters. The Balaban J connectivity index is 2.08. The van der Waals surface area contributed by atoms with E-state index in [0.29, 0.717) is 4.83 Å². The highest BCUT2D eigenvalue weighted by atomic mass is 79.9. The Labute approximate surface area is 134 Å². The number of hydrogen-bond donors (Lipinski definition) is 0. The van der Waals surface area contributed by atoms with Gasteiger partial charge in [0.1, 0.15) is 0 Å². The fraction of sp³-hybridized carbons (Fsp3) is 0.444. The van der Waals surface area contributed by atoms with Crippen molar-refractivity contribution in [2.75, 3.05) is 0 Å². The summed E-state index contributed by atoms with van der Waals surface area (Å²) in [6.45, 7) is 8.96. The first kappa shape index (κ1) is 14.3. The molecule has 0 spiro atoms. The van der Waals surface area contributed by atoms with E-state index >= 15 is 0 Å². The molecule has 1 atom stereocenters. The smallest absolute Gasteiger partial charge is 0.0743 e. The Morgan fingerprint density at radius 3 is 2.25 bits per heavy atom. The highest BCUT2D eigenvalue weighted by Crippen LogP contribution is 2.43. The van der Waals surface area contributed by atoms with Gasteiger partial charge in [-0.3, -0.25) is 0 Å². The van der Waals surface area contributed by atoms with Gasteiger partial charge in [0, 0.05) is 9.75 Å². The van der Waals surface area contributed by atoms with Crippen LogP contribution in [0.3, 0.4) is 0 Å². The fourth-order valence-corrected chi connectivity index (χ4v) is 5.59. The fourth-order valence-electron chi connectivity index (χ4n) is 3.25. The van der Waals surface area contributed by atoms with Crippen LogP contribution in [-0.4, -0.2) is 0 Å². The van der Waals surface area contributed by atoms with E-state index in [1.165, 1.54) is 52.0 Å². The Morgan fingerprint density at radius 2 is 1.65 bits per heavy atom. The van der Waals surface area contributed by atoms with E-state index < -0.39 is 0 Å². The van der Waals surface area contributed by atoms with Crippen molar-refractivity contribution in [2.24, 2.45) is 0 Å². The Bertz CT molecular complexity index is 619. The van der Waals surface area contributed by atoms with Crippen molar-refractivity contribution in [3.63, 3.8) is 0 Å². The second-order valence-electron chi connectivity index (χ2n) is 5.99. The molecule has 0 N–H and O–H groups in total. The maximum absolute atomic E-state index is 3.98. The number of alkyl halides is 1. The van der Waals surface area contributed by atoms with Gasteiger partial charge >= 0.3 is 0 Å². The maximum atomic E-state index is 3.98. The van der Waals surface area contributed by atoms with Crippen LogP contribution in [-0.2, 0) is 12.8 Å². The van der Waals surface area contributed by atoms with Crippen LogP contribution in [0.15, 0.2) is 12.1 Å². The van der Waals surface area contributed by atoms with Crippen LogP contribution in [0.5, 0.6) is 0 Å². The lowest BCUT2D eigenvalue weighted by atomic mass is 9.92. The predicted octanol–water partition coefficient (Wildman–Crippen LogP) is 5.95. The van der Waals surface area contributed by atoms with E-state index in [1.54, 1.807) is 10.4 Å². The summed E-state index contributed by atoms with van der Waals surface area (Å²) in [4.78, 5) is 3.44. The lowest BCUT2D eigenvalue weighted by molar-refractivity contribution is 0.913. The van der Waals surface area contributed by atoms with E-state index in [2.05, 4.69) is 55.8 Å². The van der Waals surface area contributed by atoms with Gasteiger partial charge in [-0.15, -0.1) is 11.3 Å². The molecule has 0 aliphatic heterocycles. The third-order valence-corrected chi connectivity index (χ3v) is 7.25. The van der Waals surface area contributed by atoms with E-state index in [0.717, 1.165) is 0 Å². The average molecular weight is 349 g/mol. The molecule has 0 saturated carbocycles. The van der Waals surface area contributed by atoms with E-state index in [-0.39, 0.29) is 0 Å². The summed E-state index contributed by atoms with van der Waals surface area (Å²) in [7, 11) is 0. The number of thiophene rings is 1. The molecule has 0 bridgehead atoms. The van der Waals surface area contributed by atoms with Gasteiger partial charge in [-0.25, -0.2) is 0 Å². The zero-order chi connectivity index (χ0) is 14.4. The SMILES string of the molecule is Cc1cc(C)c(C)c(C(Br)c2cc3c(s2)CCC3)c1C. The van der Waals surface area contributed by atoms with Crippen molar-refractivity contribution in [1.82, 2.24) is 0 Å². The number of halogens is 1. The van der Waals surface area contributed by atoms with Gasteiger partial charge in [-0.1, -0.05) is 22.0 Å². The van der Waals surface area contributed by atoms with Gasteiger partial charge < -0.3 is 0 Å². The van der Waals surface area contributed by atoms with E-state index in [9.17, 15) is 0 Å². The molecule has 20 heavy (non-hydrogen) atoms. The standard InChI is InChI=1S/C18H21BrS/c1-10-8-11(2)13(4)17(12(10)3)18(19)16-9-14-6-5-7-15(14)20-16/h8-9,18H,5-7H2,1-4H3. The van der Waals surface area contributed by atoms with Crippen LogP contribution >= 0.6 is 27.3 Å². The molecule has 2 heteroatoms. The minimum Gasteiger partial charge on any atom is -0.144 e. The summed E-state index contributed by atoms with van der Waals surface area (Å²) >= 11 is 5.98. The van der Waals surface area contributed by atoms with Crippen LogP contribution in [0, 0.1) is 27.7 Å². The summed E-state index contributed by atoms with van der Waals surface area (Å²) in [6.07, 6.45) is 3.90. The molecule has 0 fully saturated rings. The molecular formula is C18H21BrS. The molecule has 0 nitrogen and oxygen atoms in total. The molecule has 1 aromatic carbocycles. The monoisotopic (exact) mass is 348 g/mol. The van der Waals surface area contributed by atoms with Gasteiger partial charge in [0.25, 0.3) is 0 Å². The highest BCUT2D eigenvalue weighted by molar-refractivity contribution is 9.09. The minimum atomic E-state index is 0.344. The quantitative estimate of drug-likeness (QED) is 0.587. The normalized spacial score (nSPS) is 15.4. The van der Waals surface area contributed by atoms with Crippen molar-refractivity contribution >= 4 is 27.3 Å².